The molecule has 0 radical (unpaired) electrons. The maximum atomic E-state index is 12.1. The van der Waals surface area contributed by atoms with E-state index in [1.54, 1.807) is 0 Å². The first-order chi connectivity index (χ1) is 11.3. The third-order valence-corrected chi connectivity index (χ3v) is 4.10. The van der Waals surface area contributed by atoms with Crippen LogP contribution < -0.4 is 10.6 Å². The van der Waals surface area contributed by atoms with Gasteiger partial charge in [-0.05, 0) is 40.0 Å². The maximum absolute atomic E-state index is 12.1. The fourth-order valence-corrected chi connectivity index (χ4v) is 2.81. The predicted molar refractivity (Wildman–Crippen MR) is 103 cm³/mol. The fraction of sp³-hybridized carbons (Fsp3) is 0.950. The normalized spacial score (nSPS) is 14.2. The van der Waals surface area contributed by atoms with Crippen LogP contribution in [0.3, 0.4) is 0 Å². The molecule has 0 saturated heterocycles. The third-order valence-electron chi connectivity index (χ3n) is 4.10. The summed E-state index contributed by atoms with van der Waals surface area (Å²) in [6, 6.07) is 0.454. The second-order valence-corrected chi connectivity index (χ2v) is 7.82. The van der Waals surface area contributed by atoms with Crippen LogP contribution in [0.1, 0.15) is 106 Å². The van der Waals surface area contributed by atoms with E-state index < -0.39 is 5.60 Å². The molecule has 0 aromatic heterocycles. The first kappa shape index (κ1) is 23.2. The van der Waals surface area contributed by atoms with E-state index in [4.69, 9.17) is 4.74 Å². The Morgan fingerprint density at radius 2 is 1.54 bits per heavy atom. The molecule has 0 aliphatic carbocycles. The van der Waals surface area contributed by atoms with Crippen molar-refractivity contribution < 1.29 is 9.53 Å². The second-order valence-electron chi connectivity index (χ2n) is 7.82. The van der Waals surface area contributed by atoms with Gasteiger partial charge in [0.2, 0.25) is 0 Å². The van der Waals surface area contributed by atoms with Gasteiger partial charge in [0.25, 0.3) is 0 Å². The molecule has 2 N–H and O–H groups in total. The molecule has 2 unspecified atom stereocenters. The molecule has 0 saturated carbocycles. The van der Waals surface area contributed by atoms with Crippen molar-refractivity contribution in [2.45, 2.75) is 124 Å². The molecule has 144 valence electrons. The summed E-state index contributed by atoms with van der Waals surface area (Å²) >= 11 is 0. The Labute approximate surface area is 150 Å². The number of alkyl carbamates (subject to hydrolysis) is 1. The van der Waals surface area contributed by atoms with Crippen molar-refractivity contribution in [3.05, 3.63) is 0 Å². The molecule has 4 heteroatoms. The summed E-state index contributed by atoms with van der Waals surface area (Å²) in [5.74, 6) is 0. The number of hydrogen-bond donors (Lipinski definition) is 2. The average molecular weight is 343 g/mol. The number of amides is 1. The molecule has 0 heterocycles. The van der Waals surface area contributed by atoms with Gasteiger partial charge in [-0.1, -0.05) is 65.7 Å². The molecular weight excluding hydrogens is 300 g/mol. The van der Waals surface area contributed by atoms with E-state index in [0.717, 1.165) is 32.1 Å². The Balaban J connectivity index is 4.39. The number of ether oxygens (including phenoxy) is 1. The van der Waals surface area contributed by atoms with Gasteiger partial charge in [0.15, 0.2) is 0 Å². The summed E-state index contributed by atoms with van der Waals surface area (Å²) in [7, 11) is 0. The number of hydrogen-bond acceptors (Lipinski definition) is 3. The van der Waals surface area contributed by atoms with Crippen molar-refractivity contribution >= 4 is 6.09 Å². The van der Waals surface area contributed by atoms with Crippen molar-refractivity contribution in [3.8, 4) is 0 Å². The molecular formula is C20H42N2O2. The standard InChI is InChI=1S/C20H42N2O2/c1-7-10-11-12-13-14-16-18(21-17(9-3)15-8-2)22-19(23)24-20(4,5)6/h17-18,21H,7-16H2,1-6H3,(H,22,23). The monoisotopic (exact) mass is 342 g/mol. The Hall–Kier alpha value is -0.770. The Morgan fingerprint density at radius 1 is 0.917 bits per heavy atom. The maximum Gasteiger partial charge on any atom is 0.408 e. The summed E-state index contributed by atoms with van der Waals surface area (Å²) in [4.78, 5) is 12.1. The van der Waals surface area contributed by atoms with Crippen molar-refractivity contribution in [1.82, 2.24) is 10.6 Å². The molecule has 2 atom stereocenters. The lowest BCUT2D eigenvalue weighted by Gasteiger charge is -2.27. The Bertz CT molecular complexity index is 313. The fourth-order valence-electron chi connectivity index (χ4n) is 2.81. The van der Waals surface area contributed by atoms with Gasteiger partial charge in [-0.2, -0.15) is 0 Å². The third kappa shape index (κ3) is 13.6. The van der Waals surface area contributed by atoms with Gasteiger partial charge >= 0.3 is 6.09 Å². The lowest BCUT2D eigenvalue weighted by Crippen LogP contribution is -2.50. The van der Waals surface area contributed by atoms with Crippen LogP contribution >= 0.6 is 0 Å². The Morgan fingerprint density at radius 3 is 2.08 bits per heavy atom. The van der Waals surface area contributed by atoms with Gasteiger partial charge in [0.05, 0.1) is 6.17 Å². The summed E-state index contributed by atoms with van der Waals surface area (Å²) in [6.45, 7) is 12.3. The molecule has 0 aromatic rings. The van der Waals surface area contributed by atoms with Crippen LogP contribution in [0, 0.1) is 0 Å². The van der Waals surface area contributed by atoms with Crippen LogP contribution in [-0.2, 0) is 4.74 Å². The zero-order chi connectivity index (χ0) is 18.4. The van der Waals surface area contributed by atoms with Gasteiger partial charge < -0.3 is 10.1 Å². The molecule has 24 heavy (non-hydrogen) atoms. The summed E-state index contributed by atoms with van der Waals surface area (Å²) in [6.07, 6.45) is 11.6. The van der Waals surface area contributed by atoms with E-state index in [1.807, 2.05) is 20.8 Å². The minimum atomic E-state index is -0.456. The van der Waals surface area contributed by atoms with Gasteiger partial charge in [0.1, 0.15) is 5.60 Å². The summed E-state index contributed by atoms with van der Waals surface area (Å²) in [5.41, 5.74) is -0.456. The zero-order valence-electron chi connectivity index (χ0n) is 17.0. The first-order valence-corrected chi connectivity index (χ1v) is 10.1. The van der Waals surface area contributed by atoms with Gasteiger partial charge in [-0.15, -0.1) is 0 Å². The first-order valence-electron chi connectivity index (χ1n) is 10.1. The average Bonchev–Trinajstić information content (AvgIpc) is 2.48. The molecule has 0 fully saturated rings. The van der Waals surface area contributed by atoms with Crippen molar-refractivity contribution in [2.24, 2.45) is 0 Å². The van der Waals surface area contributed by atoms with E-state index in [-0.39, 0.29) is 12.3 Å². The number of carbonyl (C=O) groups is 1. The topological polar surface area (TPSA) is 50.4 Å². The van der Waals surface area contributed by atoms with E-state index in [9.17, 15) is 4.79 Å². The molecule has 0 spiro atoms. The number of rotatable bonds is 13. The van der Waals surface area contributed by atoms with Crippen molar-refractivity contribution in [2.75, 3.05) is 0 Å². The van der Waals surface area contributed by atoms with Crippen LogP contribution in [0.2, 0.25) is 0 Å². The van der Waals surface area contributed by atoms with Gasteiger partial charge in [-0.25, -0.2) is 4.79 Å². The van der Waals surface area contributed by atoms with Gasteiger partial charge in [0, 0.05) is 6.04 Å². The molecule has 0 aromatic carbocycles. The van der Waals surface area contributed by atoms with Crippen molar-refractivity contribution in [1.29, 1.82) is 0 Å². The second kappa shape index (κ2) is 13.5. The summed E-state index contributed by atoms with van der Waals surface area (Å²) < 4.78 is 5.41. The quantitative estimate of drug-likeness (QED) is 0.331. The molecule has 4 nitrogen and oxygen atoms in total. The predicted octanol–water partition coefficient (Wildman–Crippen LogP) is 5.76. The highest BCUT2D eigenvalue weighted by atomic mass is 16.6. The van der Waals surface area contributed by atoms with Crippen LogP contribution in [0.5, 0.6) is 0 Å². The minimum absolute atomic E-state index is 0.00234. The zero-order valence-corrected chi connectivity index (χ0v) is 17.0. The summed E-state index contributed by atoms with van der Waals surface area (Å²) in [5, 5.41) is 6.64. The molecule has 0 aliphatic heterocycles. The molecule has 0 rings (SSSR count). The smallest absolute Gasteiger partial charge is 0.408 e. The molecule has 0 aliphatic rings. The highest BCUT2D eigenvalue weighted by Gasteiger charge is 2.20. The lowest BCUT2D eigenvalue weighted by molar-refractivity contribution is 0.0485. The number of unbranched alkanes of at least 4 members (excludes halogenated alkanes) is 5. The highest BCUT2D eigenvalue weighted by Crippen LogP contribution is 2.11. The van der Waals surface area contributed by atoms with E-state index in [1.165, 1.54) is 32.1 Å². The van der Waals surface area contributed by atoms with Gasteiger partial charge in [-0.3, -0.25) is 5.32 Å². The molecule has 1 amide bonds. The Kier molecular flexibility index (Phi) is 13.1. The number of carbonyl (C=O) groups excluding carboxylic acids is 1. The van der Waals surface area contributed by atoms with Crippen molar-refractivity contribution in [3.63, 3.8) is 0 Å². The van der Waals surface area contributed by atoms with E-state index >= 15 is 0 Å². The SMILES string of the molecule is CCCCCCCCC(NC(=O)OC(C)(C)C)NC(CC)CCC. The number of nitrogens with one attached hydrogen (secondary N) is 2. The van der Waals surface area contributed by atoms with Crippen LogP contribution in [0.25, 0.3) is 0 Å². The minimum Gasteiger partial charge on any atom is -0.444 e. The van der Waals surface area contributed by atoms with Crippen LogP contribution in [0.4, 0.5) is 4.79 Å². The van der Waals surface area contributed by atoms with E-state index in [2.05, 4.69) is 31.4 Å². The highest BCUT2D eigenvalue weighted by molar-refractivity contribution is 5.68. The van der Waals surface area contributed by atoms with Crippen LogP contribution in [0.15, 0.2) is 0 Å². The van der Waals surface area contributed by atoms with Crippen LogP contribution in [-0.4, -0.2) is 23.9 Å². The molecule has 0 bridgehead atoms. The lowest BCUT2D eigenvalue weighted by atomic mass is 10.1. The van der Waals surface area contributed by atoms with E-state index in [0.29, 0.717) is 6.04 Å². The largest absolute Gasteiger partial charge is 0.444 e.